The molecule has 0 saturated heterocycles. The van der Waals surface area contributed by atoms with Crippen molar-refractivity contribution in [1.29, 1.82) is 0 Å². The van der Waals surface area contributed by atoms with Gasteiger partial charge in [-0.15, -0.1) is 0 Å². The highest BCUT2D eigenvalue weighted by atomic mass is 35.5. The van der Waals surface area contributed by atoms with Gasteiger partial charge in [-0.2, -0.15) is 0 Å². The lowest BCUT2D eigenvalue weighted by molar-refractivity contribution is -0.130. The van der Waals surface area contributed by atoms with Crippen LogP contribution in [0.2, 0.25) is 10.2 Å². The van der Waals surface area contributed by atoms with Gasteiger partial charge in [0.05, 0.1) is 11.1 Å². The van der Waals surface area contributed by atoms with Gasteiger partial charge in [0.2, 0.25) is 0 Å². The highest BCUT2D eigenvalue weighted by molar-refractivity contribution is 6.41. The molecule has 0 bridgehead atoms. The number of para-hydroxylation sites is 1. The molecule has 1 heterocycles. The minimum absolute atomic E-state index is 0.0732. The van der Waals surface area contributed by atoms with Gasteiger partial charge in [-0.05, 0) is 18.6 Å². The summed E-state index contributed by atoms with van der Waals surface area (Å²) in [7, 11) is 3.33. The average molecular weight is 398 g/mol. The highest BCUT2D eigenvalue weighted by Crippen LogP contribution is 2.28. The van der Waals surface area contributed by atoms with E-state index in [0.717, 1.165) is 5.56 Å². The number of nitrogens with zero attached hydrogens (tertiary/aromatic N) is 1. The van der Waals surface area contributed by atoms with E-state index in [2.05, 4.69) is 10.3 Å². The standard InChI is InChI=1S/C18H21Cl2N3O3/c1-4-13(22-18(25)14-9-12(19)17(20)21-14)11-7-5-6-8-15(11)26-10-16(24)23(2)3/h5-9,13,21H,4,10H2,1-3H3,(H,22,25). The first-order valence-corrected chi connectivity index (χ1v) is 8.85. The first-order valence-electron chi connectivity index (χ1n) is 8.10. The number of H-pyrrole nitrogens is 1. The molecule has 2 N–H and O–H groups in total. The highest BCUT2D eigenvalue weighted by Gasteiger charge is 2.20. The van der Waals surface area contributed by atoms with Crippen molar-refractivity contribution in [3.8, 4) is 5.75 Å². The average Bonchev–Trinajstić information content (AvgIpc) is 2.96. The Hall–Kier alpha value is -2.18. The van der Waals surface area contributed by atoms with Gasteiger partial charge in [-0.1, -0.05) is 48.3 Å². The third-order valence-electron chi connectivity index (χ3n) is 3.83. The van der Waals surface area contributed by atoms with Crippen molar-refractivity contribution >= 4 is 35.0 Å². The number of benzene rings is 1. The van der Waals surface area contributed by atoms with Crippen LogP contribution < -0.4 is 10.1 Å². The fraction of sp³-hybridized carbons (Fsp3) is 0.333. The van der Waals surface area contributed by atoms with Gasteiger partial charge in [0, 0.05) is 19.7 Å². The molecular weight excluding hydrogens is 377 g/mol. The Morgan fingerprint density at radius 2 is 1.96 bits per heavy atom. The number of aromatic nitrogens is 1. The van der Waals surface area contributed by atoms with Crippen molar-refractivity contribution in [2.45, 2.75) is 19.4 Å². The lowest BCUT2D eigenvalue weighted by atomic mass is 10.0. The van der Waals surface area contributed by atoms with E-state index in [4.69, 9.17) is 27.9 Å². The molecule has 140 valence electrons. The zero-order chi connectivity index (χ0) is 19.3. The Labute approximate surface area is 162 Å². The molecular formula is C18H21Cl2N3O3. The Bertz CT molecular complexity index is 770. The SMILES string of the molecule is CCC(NC(=O)c1cc(Cl)c(Cl)[nH]1)c1ccccc1OCC(=O)N(C)C. The summed E-state index contributed by atoms with van der Waals surface area (Å²) in [5.41, 5.74) is 1.07. The van der Waals surface area contributed by atoms with Crippen LogP contribution in [0.3, 0.4) is 0 Å². The van der Waals surface area contributed by atoms with Crippen LogP contribution in [-0.4, -0.2) is 42.4 Å². The number of aromatic amines is 1. The molecule has 0 saturated carbocycles. The minimum Gasteiger partial charge on any atom is -0.483 e. The summed E-state index contributed by atoms with van der Waals surface area (Å²) >= 11 is 11.7. The van der Waals surface area contributed by atoms with Crippen LogP contribution in [0.15, 0.2) is 30.3 Å². The van der Waals surface area contributed by atoms with E-state index in [0.29, 0.717) is 12.2 Å². The number of nitrogens with one attached hydrogen (secondary N) is 2. The summed E-state index contributed by atoms with van der Waals surface area (Å²) in [5, 5.41) is 3.43. The van der Waals surface area contributed by atoms with E-state index >= 15 is 0 Å². The summed E-state index contributed by atoms with van der Waals surface area (Å²) < 4.78 is 5.66. The minimum atomic E-state index is -0.329. The van der Waals surface area contributed by atoms with Crippen LogP contribution in [0, 0.1) is 0 Å². The molecule has 1 aromatic heterocycles. The zero-order valence-corrected chi connectivity index (χ0v) is 16.3. The Morgan fingerprint density at radius 1 is 1.27 bits per heavy atom. The van der Waals surface area contributed by atoms with Crippen molar-refractivity contribution in [1.82, 2.24) is 15.2 Å². The number of amides is 2. The summed E-state index contributed by atoms with van der Waals surface area (Å²) in [6.45, 7) is 1.87. The van der Waals surface area contributed by atoms with Crippen molar-refractivity contribution < 1.29 is 14.3 Å². The lowest BCUT2D eigenvalue weighted by Crippen LogP contribution is -2.30. The van der Waals surface area contributed by atoms with Crippen LogP contribution in [0.5, 0.6) is 5.75 Å². The number of ether oxygens (including phenoxy) is 1. The predicted octanol–water partition coefficient (Wildman–Crippen LogP) is 3.67. The van der Waals surface area contributed by atoms with Gasteiger partial charge in [-0.25, -0.2) is 0 Å². The van der Waals surface area contributed by atoms with Gasteiger partial charge in [0.25, 0.3) is 11.8 Å². The van der Waals surface area contributed by atoms with Gasteiger partial charge < -0.3 is 19.9 Å². The molecule has 1 unspecified atom stereocenters. The molecule has 0 spiro atoms. The third-order valence-corrected chi connectivity index (χ3v) is 4.52. The Morgan fingerprint density at radius 3 is 2.54 bits per heavy atom. The van der Waals surface area contributed by atoms with Gasteiger partial charge in [-0.3, -0.25) is 9.59 Å². The van der Waals surface area contributed by atoms with E-state index in [1.807, 2.05) is 25.1 Å². The number of carbonyl (C=O) groups excluding carboxylic acids is 2. The second-order valence-electron chi connectivity index (χ2n) is 5.89. The van der Waals surface area contributed by atoms with Crippen molar-refractivity contribution in [3.63, 3.8) is 0 Å². The molecule has 8 heteroatoms. The Kier molecular flexibility index (Phi) is 6.94. The fourth-order valence-electron chi connectivity index (χ4n) is 2.33. The lowest BCUT2D eigenvalue weighted by Gasteiger charge is -2.21. The molecule has 1 atom stereocenters. The molecule has 0 aliphatic heterocycles. The molecule has 2 aromatic rings. The van der Waals surface area contributed by atoms with Gasteiger partial charge in [0.1, 0.15) is 16.6 Å². The topological polar surface area (TPSA) is 74.4 Å². The maximum atomic E-state index is 12.5. The molecule has 0 aliphatic rings. The quantitative estimate of drug-likeness (QED) is 0.748. The predicted molar refractivity (Wildman–Crippen MR) is 102 cm³/mol. The maximum absolute atomic E-state index is 12.5. The number of hydrogen-bond acceptors (Lipinski definition) is 3. The maximum Gasteiger partial charge on any atom is 0.268 e. The van der Waals surface area contributed by atoms with Crippen LogP contribution >= 0.6 is 23.2 Å². The molecule has 6 nitrogen and oxygen atoms in total. The number of hydrogen-bond donors (Lipinski definition) is 2. The second kappa shape index (κ2) is 8.96. The normalized spacial score (nSPS) is 11.7. The third kappa shape index (κ3) is 4.93. The number of halogens is 2. The Balaban J connectivity index is 2.16. The molecule has 1 aromatic carbocycles. The molecule has 2 rings (SSSR count). The summed E-state index contributed by atoms with van der Waals surface area (Å²) in [6, 6.07) is 8.48. The fourth-order valence-corrected chi connectivity index (χ4v) is 2.64. The molecule has 0 fully saturated rings. The van der Waals surface area contributed by atoms with E-state index in [1.165, 1.54) is 11.0 Å². The van der Waals surface area contributed by atoms with Crippen molar-refractivity contribution in [3.05, 3.63) is 51.8 Å². The first kappa shape index (κ1) is 20.1. The number of carbonyl (C=O) groups is 2. The van der Waals surface area contributed by atoms with Crippen LogP contribution in [0.25, 0.3) is 0 Å². The van der Waals surface area contributed by atoms with Gasteiger partial charge >= 0.3 is 0 Å². The monoisotopic (exact) mass is 397 g/mol. The van der Waals surface area contributed by atoms with Crippen LogP contribution in [0.1, 0.15) is 35.4 Å². The summed E-state index contributed by atoms with van der Waals surface area (Å²) in [4.78, 5) is 28.4. The van der Waals surface area contributed by atoms with Crippen molar-refractivity contribution in [2.24, 2.45) is 0 Å². The number of likely N-dealkylation sites (N-methyl/N-ethyl adjacent to an activating group) is 1. The molecule has 0 aliphatic carbocycles. The smallest absolute Gasteiger partial charge is 0.268 e. The zero-order valence-electron chi connectivity index (χ0n) is 14.8. The molecule has 0 radical (unpaired) electrons. The van der Waals surface area contributed by atoms with E-state index < -0.39 is 0 Å². The molecule has 26 heavy (non-hydrogen) atoms. The van der Waals surface area contributed by atoms with Crippen molar-refractivity contribution in [2.75, 3.05) is 20.7 Å². The number of rotatable bonds is 7. The largest absolute Gasteiger partial charge is 0.483 e. The molecule has 2 amide bonds. The van der Waals surface area contributed by atoms with Gasteiger partial charge in [0.15, 0.2) is 6.61 Å². The van der Waals surface area contributed by atoms with Crippen LogP contribution in [-0.2, 0) is 4.79 Å². The van der Waals surface area contributed by atoms with E-state index in [9.17, 15) is 9.59 Å². The van der Waals surface area contributed by atoms with Crippen LogP contribution in [0.4, 0.5) is 0 Å². The summed E-state index contributed by atoms with van der Waals surface area (Å²) in [6.07, 6.45) is 0.635. The van der Waals surface area contributed by atoms with E-state index in [-0.39, 0.29) is 40.3 Å². The summed E-state index contributed by atoms with van der Waals surface area (Å²) in [5.74, 6) is 0.0785. The van der Waals surface area contributed by atoms with E-state index in [1.54, 1.807) is 20.2 Å². The second-order valence-corrected chi connectivity index (χ2v) is 6.68. The first-order chi connectivity index (χ1) is 12.3.